The van der Waals surface area contributed by atoms with Gasteiger partial charge in [-0.1, -0.05) is 18.2 Å². The van der Waals surface area contributed by atoms with Crippen molar-refractivity contribution in [3.8, 4) is 11.5 Å². The summed E-state index contributed by atoms with van der Waals surface area (Å²) in [6.45, 7) is 0. The number of hydrogen-bond acceptors (Lipinski definition) is 6. The highest BCUT2D eigenvalue weighted by atomic mass is 16.5. The third-order valence-corrected chi connectivity index (χ3v) is 3.76. The molecular weight excluding hydrogens is 336 g/mol. The first-order valence-corrected chi connectivity index (χ1v) is 7.48. The van der Waals surface area contributed by atoms with Gasteiger partial charge in [0.25, 0.3) is 0 Å². The molecule has 0 radical (unpaired) electrons. The van der Waals surface area contributed by atoms with Crippen LogP contribution in [0.5, 0.6) is 11.5 Å². The highest BCUT2D eigenvalue weighted by Crippen LogP contribution is 2.42. The average Bonchev–Trinajstić information content (AvgIpc) is 2.66. The fourth-order valence-electron chi connectivity index (χ4n) is 2.53. The lowest BCUT2D eigenvalue weighted by molar-refractivity contribution is 0.0694. The predicted octanol–water partition coefficient (Wildman–Crippen LogP) is 5.15. The zero-order valence-electron chi connectivity index (χ0n) is 13.6. The van der Waals surface area contributed by atoms with Crippen LogP contribution in [0.15, 0.2) is 58.8 Å². The Balaban J connectivity index is 2.12. The molecule has 0 bridgehead atoms. The number of phenols is 1. The number of azo groups is 1. The van der Waals surface area contributed by atoms with Crippen molar-refractivity contribution in [3.63, 3.8) is 0 Å². The molecule has 2 N–H and O–H groups in total. The molecule has 0 amide bonds. The van der Waals surface area contributed by atoms with E-state index in [1.165, 1.54) is 25.3 Å². The fourth-order valence-corrected chi connectivity index (χ4v) is 2.53. The van der Waals surface area contributed by atoms with Gasteiger partial charge in [0.15, 0.2) is 4.98 Å². The van der Waals surface area contributed by atoms with Gasteiger partial charge in [-0.05, 0) is 24.3 Å². The first-order chi connectivity index (χ1) is 12.5. The lowest BCUT2D eigenvalue weighted by Crippen LogP contribution is -1.95. The van der Waals surface area contributed by atoms with Crippen molar-refractivity contribution >= 4 is 33.8 Å². The van der Waals surface area contributed by atoms with Crippen LogP contribution in [0.3, 0.4) is 0 Å². The number of diazo groups is 1. The standard InChI is InChI=1S/C18H12N4O4/c1-26-16-9-14(11-4-2-3-5-12(11)17(16)20-19)22-21-10-6-7-15(23)13(8-10)18(24)25/h2-9H,1H3,(H-,22,23,24,25)/p+1. The van der Waals surface area contributed by atoms with Gasteiger partial charge in [0, 0.05) is 11.5 Å². The van der Waals surface area contributed by atoms with Crippen molar-refractivity contribution in [2.75, 3.05) is 7.11 Å². The van der Waals surface area contributed by atoms with Gasteiger partial charge in [0.1, 0.15) is 11.3 Å². The van der Waals surface area contributed by atoms with Gasteiger partial charge in [-0.3, -0.25) is 0 Å². The van der Waals surface area contributed by atoms with E-state index in [0.29, 0.717) is 22.2 Å². The summed E-state index contributed by atoms with van der Waals surface area (Å²) in [6.07, 6.45) is 0. The summed E-state index contributed by atoms with van der Waals surface area (Å²) in [6, 6.07) is 12.6. The Morgan fingerprint density at radius 1 is 1.12 bits per heavy atom. The normalized spacial score (nSPS) is 10.8. The molecule has 0 heterocycles. The number of benzene rings is 3. The molecule has 0 saturated heterocycles. The van der Waals surface area contributed by atoms with Gasteiger partial charge in [-0.15, -0.1) is 5.11 Å². The monoisotopic (exact) mass is 349 g/mol. The summed E-state index contributed by atoms with van der Waals surface area (Å²) in [7, 11) is 1.44. The van der Waals surface area contributed by atoms with Gasteiger partial charge in [-0.25, -0.2) is 4.79 Å². The number of carbonyl (C=O) groups is 1. The SMILES string of the molecule is COc1cc(N=Nc2ccc(O)c(C(=O)O)c2)c2ccccc2c1[N+]#N. The molecular formula is C18H13N4O4+. The topological polar surface area (TPSA) is 120 Å². The van der Waals surface area contributed by atoms with E-state index in [9.17, 15) is 15.3 Å². The molecule has 8 heteroatoms. The van der Waals surface area contributed by atoms with Crippen molar-refractivity contribution in [1.82, 2.24) is 0 Å². The maximum atomic E-state index is 11.1. The minimum atomic E-state index is -1.26. The molecule has 128 valence electrons. The molecule has 0 unspecified atom stereocenters. The second kappa shape index (κ2) is 6.86. The maximum absolute atomic E-state index is 11.1. The highest BCUT2D eigenvalue weighted by Gasteiger charge is 2.22. The van der Waals surface area contributed by atoms with Gasteiger partial charge >= 0.3 is 11.7 Å². The van der Waals surface area contributed by atoms with E-state index < -0.39 is 5.97 Å². The lowest BCUT2D eigenvalue weighted by atomic mass is 10.1. The molecule has 8 nitrogen and oxygen atoms in total. The van der Waals surface area contributed by atoms with E-state index in [0.717, 1.165) is 0 Å². The molecule has 0 aliphatic carbocycles. The molecule has 26 heavy (non-hydrogen) atoms. The molecule has 3 aromatic rings. The zero-order chi connectivity index (χ0) is 18.7. The summed E-state index contributed by atoms with van der Waals surface area (Å²) in [5, 5.41) is 37.4. The second-order valence-electron chi connectivity index (χ2n) is 5.30. The quantitative estimate of drug-likeness (QED) is 0.498. The number of aromatic carboxylic acids is 1. The number of hydrogen-bond donors (Lipinski definition) is 2. The van der Waals surface area contributed by atoms with E-state index in [4.69, 9.17) is 9.84 Å². The van der Waals surface area contributed by atoms with Crippen LogP contribution in [0.25, 0.3) is 15.7 Å². The molecule has 0 fully saturated rings. The molecule has 0 saturated carbocycles. The van der Waals surface area contributed by atoms with Gasteiger partial charge in [-0.2, -0.15) is 5.11 Å². The summed E-state index contributed by atoms with van der Waals surface area (Å²) in [5.74, 6) is -1.30. The van der Waals surface area contributed by atoms with Crippen LogP contribution in [-0.4, -0.2) is 23.3 Å². The van der Waals surface area contributed by atoms with E-state index in [-0.39, 0.29) is 22.7 Å². The van der Waals surface area contributed by atoms with E-state index in [1.54, 1.807) is 30.3 Å². The number of rotatable bonds is 4. The number of aromatic hydroxyl groups is 1. The Hall–Kier alpha value is -3.99. The number of carboxylic acids is 1. The molecule has 0 spiro atoms. The zero-order valence-corrected chi connectivity index (χ0v) is 13.6. The molecule has 3 aromatic carbocycles. The van der Waals surface area contributed by atoms with E-state index in [2.05, 4.69) is 15.2 Å². The fraction of sp³-hybridized carbons (Fsp3) is 0.0556. The van der Waals surface area contributed by atoms with Crippen LogP contribution in [0.1, 0.15) is 10.4 Å². The molecule has 3 rings (SSSR count). The number of nitrogens with zero attached hydrogens (tertiary/aromatic N) is 4. The summed E-state index contributed by atoms with van der Waals surface area (Å²) in [5.41, 5.74) is 0.729. The smallest absolute Gasteiger partial charge is 0.434 e. The number of fused-ring (bicyclic) bond motifs is 1. The molecule has 0 atom stereocenters. The van der Waals surface area contributed by atoms with Crippen molar-refractivity contribution < 1.29 is 19.7 Å². The summed E-state index contributed by atoms with van der Waals surface area (Å²) >= 11 is 0. The van der Waals surface area contributed by atoms with Crippen molar-refractivity contribution in [2.24, 2.45) is 10.2 Å². The molecule has 0 aliphatic rings. The summed E-state index contributed by atoms with van der Waals surface area (Å²) in [4.78, 5) is 14.4. The Labute approximate surface area is 147 Å². The lowest BCUT2D eigenvalue weighted by Gasteiger charge is -2.04. The van der Waals surface area contributed by atoms with Crippen LogP contribution in [0.2, 0.25) is 0 Å². The van der Waals surface area contributed by atoms with Crippen molar-refractivity contribution in [1.29, 1.82) is 5.39 Å². The van der Waals surface area contributed by atoms with Gasteiger partial charge in [0.2, 0.25) is 11.1 Å². The molecule has 0 aliphatic heterocycles. The Bertz CT molecular complexity index is 1090. The Morgan fingerprint density at radius 3 is 2.50 bits per heavy atom. The van der Waals surface area contributed by atoms with E-state index in [1.807, 2.05) is 0 Å². The largest absolute Gasteiger partial charge is 0.507 e. The average molecular weight is 349 g/mol. The van der Waals surface area contributed by atoms with Gasteiger partial charge < -0.3 is 14.9 Å². The highest BCUT2D eigenvalue weighted by molar-refractivity contribution is 6.03. The van der Waals surface area contributed by atoms with Crippen LogP contribution in [0, 0.1) is 5.39 Å². The van der Waals surface area contributed by atoms with Gasteiger partial charge in [0.05, 0.1) is 23.9 Å². The first kappa shape index (κ1) is 16.9. The maximum Gasteiger partial charge on any atom is 0.434 e. The Morgan fingerprint density at radius 2 is 1.85 bits per heavy atom. The molecule has 0 aromatic heterocycles. The Kier molecular flexibility index (Phi) is 4.45. The predicted molar refractivity (Wildman–Crippen MR) is 94.5 cm³/mol. The van der Waals surface area contributed by atoms with Crippen LogP contribution < -0.4 is 4.74 Å². The van der Waals surface area contributed by atoms with Crippen LogP contribution >= 0.6 is 0 Å². The third kappa shape index (κ3) is 3.01. The van der Waals surface area contributed by atoms with Crippen molar-refractivity contribution in [3.05, 3.63) is 59.1 Å². The number of ether oxygens (including phenoxy) is 1. The van der Waals surface area contributed by atoms with E-state index >= 15 is 0 Å². The minimum Gasteiger partial charge on any atom is -0.507 e. The third-order valence-electron chi connectivity index (χ3n) is 3.76. The number of carboxylic acid groups (broad SMARTS) is 1. The second-order valence-corrected chi connectivity index (χ2v) is 5.30. The number of methoxy groups -OCH3 is 1. The summed E-state index contributed by atoms with van der Waals surface area (Å²) < 4.78 is 5.24. The minimum absolute atomic E-state index is 0.263. The van der Waals surface area contributed by atoms with Crippen LogP contribution in [-0.2, 0) is 0 Å². The first-order valence-electron chi connectivity index (χ1n) is 7.48. The van der Waals surface area contributed by atoms with Crippen LogP contribution in [0.4, 0.5) is 17.1 Å². The van der Waals surface area contributed by atoms with Crippen molar-refractivity contribution in [2.45, 2.75) is 0 Å².